The van der Waals surface area contributed by atoms with E-state index in [1.807, 2.05) is 41.0 Å². The van der Waals surface area contributed by atoms with Gasteiger partial charge in [0.1, 0.15) is 16.4 Å². The van der Waals surface area contributed by atoms with Crippen LogP contribution in [0.1, 0.15) is 41.7 Å². The molecule has 6 heteroatoms. The normalized spacial score (nSPS) is 13.3. The number of thiophene rings is 1. The molecule has 170 valence electrons. The number of aromatic nitrogens is 2. The molecule has 4 aromatic rings. The van der Waals surface area contributed by atoms with Gasteiger partial charge in [0.05, 0.1) is 12.0 Å². The molecule has 4 nitrogen and oxygen atoms in total. The maximum absolute atomic E-state index is 13.7. The summed E-state index contributed by atoms with van der Waals surface area (Å²) in [6, 6.07) is 15.7. The van der Waals surface area contributed by atoms with E-state index in [1.54, 1.807) is 11.3 Å². The third-order valence-electron chi connectivity index (χ3n) is 6.21. The van der Waals surface area contributed by atoms with E-state index in [-0.39, 0.29) is 5.56 Å². The molecule has 33 heavy (non-hydrogen) atoms. The van der Waals surface area contributed by atoms with E-state index in [4.69, 9.17) is 21.3 Å². The zero-order valence-corrected chi connectivity index (χ0v) is 20.3. The summed E-state index contributed by atoms with van der Waals surface area (Å²) in [5, 5.41) is 1.55. The van der Waals surface area contributed by atoms with Crippen LogP contribution in [0.2, 0.25) is 5.02 Å². The van der Waals surface area contributed by atoms with Crippen molar-refractivity contribution in [2.45, 2.75) is 52.0 Å². The van der Waals surface area contributed by atoms with Gasteiger partial charge in [0.25, 0.3) is 5.56 Å². The van der Waals surface area contributed by atoms with Crippen molar-refractivity contribution in [2.75, 3.05) is 6.61 Å². The maximum Gasteiger partial charge on any atom is 0.262 e. The van der Waals surface area contributed by atoms with E-state index in [1.165, 1.54) is 16.9 Å². The molecule has 2 aromatic heterocycles. The topological polar surface area (TPSA) is 44.1 Å². The summed E-state index contributed by atoms with van der Waals surface area (Å²) >= 11 is 7.65. The highest BCUT2D eigenvalue weighted by Crippen LogP contribution is 2.35. The van der Waals surface area contributed by atoms with Crippen LogP contribution in [0.5, 0.6) is 5.75 Å². The molecule has 0 bridgehead atoms. The zero-order chi connectivity index (χ0) is 22.8. The van der Waals surface area contributed by atoms with Gasteiger partial charge in [-0.2, -0.15) is 0 Å². The lowest BCUT2D eigenvalue weighted by molar-refractivity contribution is 0.303. The second kappa shape index (κ2) is 9.70. The Morgan fingerprint density at radius 3 is 2.73 bits per heavy atom. The second-order valence-corrected chi connectivity index (χ2v) is 10.2. The molecule has 0 saturated carbocycles. The monoisotopic (exact) mass is 478 g/mol. The Balaban J connectivity index is 1.42. The fourth-order valence-electron chi connectivity index (χ4n) is 4.54. The maximum atomic E-state index is 13.7. The third-order valence-corrected chi connectivity index (χ3v) is 7.65. The van der Waals surface area contributed by atoms with Crippen molar-refractivity contribution in [2.24, 2.45) is 0 Å². The molecule has 0 spiro atoms. The molecule has 0 atom stereocenters. The first kappa shape index (κ1) is 22.2. The lowest BCUT2D eigenvalue weighted by Crippen LogP contribution is -2.24. The van der Waals surface area contributed by atoms with Gasteiger partial charge in [-0.3, -0.25) is 9.36 Å². The van der Waals surface area contributed by atoms with E-state index in [0.717, 1.165) is 65.0 Å². The zero-order valence-electron chi connectivity index (χ0n) is 18.8. The van der Waals surface area contributed by atoms with Crippen molar-refractivity contribution in [1.82, 2.24) is 9.55 Å². The Kier molecular flexibility index (Phi) is 6.52. The molecule has 0 fully saturated rings. The number of unbranched alkanes of at least 4 members (excludes halogenated alkanes) is 1. The summed E-state index contributed by atoms with van der Waals surface area (Å²) in [6.45, 7) is 3.29. The van der Waals surface area contributed by atoms with Crippen LogP contribution >= 0.6 is 22.9 Å². The van der Waals surface area contributed by atoms with Crippen LogP contribution < -0.4 is 10.3 Å². The number of fused-ring (bicyclic) bond motifs is 3. The number of aryl methyl sites for hydroxylation is 3. The van der Waals surface area contributed by atoms with Gasteiger partial charge < -0.3 is 4.74 Å². The molecule has 5 rings (SSSR count). The molecule has 2 heterocycles. The predicted molar refractivity (Wildman–Crippen MR) is 137 cm³/mol. The van der Waals surface area contributed by atoms with E-state index in [2.05, 4.69) is 19.1 Å². The van der Waals surface area contributed by atoms with Crippen LogP contribution in [-0.2, 0) is 19.4 Å². The average molecular weight is 479 g/mol. The van der Waals surface area contributed by atoms with Crippen molar-refractivity contribution in [1.29, 1.82) is 0 Å². The summed E-state index contributed by atoms with van der Waals surface area (Å²) in [4.78, 5) is 21.0. The van der Waals surface area contributed by atoms with Crippen LogP contribution in [0.4, 0.5) is 0 Å². The highest BCUT2D eigenvalue weighted by molar-refractivity contribution is 7.18. The minimum atomic E-state index is 0.106. The molecule has 0 N–H and O–H groups in total. The first-order valence-corrected chi connectivity index (χ1v) is 12.8. The van der Waals surface area contributed by atoms with Gasteiger partial charge >= 0.3 is 0 Å². The summed E-state index contributed by atoms with van der Waals surface area (Å²) in [5.74, 6) is 1.58. The van der Waals surface area contributed by atoms with Gasteiger partial charge in [0, 0.05) is 22.0 Å². The van der Waals surface area contributed by atoms with Crippen LogP contribution in [-0.4, -0.2) is 16.2 Å². The molecule has 1 aliphatic rings. The van der Waals surface area contributed by atoms with Crippen molar-refractivity contribution >= 4 is 33.2 Å². The van der Waals surface area contributed by atoms with E-state index in [0.29, 0.717) is 18.2 Å². The number of halogens is 1. The highest BCUT2D eigenvalue weighted by atomic mass is 35.5. The van der Waals surface area contributed by atoms with Crippen LogP contribution in [0, 0.1) is 6.92 Å². The van der Waals surface area contributed by atoms with Crippen molar-refractivity contribution in [3.05, 3.63) is 79.9 Å². The number of hydrogen-bond donors (Lipinski definition) is 0. The summed E-state index contributed by atoms with van der Waals surface area (Å²) < 4.78 is 7.72. The first-order chi connectivity index (χ1) is 16.1. The van der Waals surface area contributed by atoms with Crippen LogP contribution in [0.15, 0.2) is 53.3 Å². The Morgan fingerprint density at radius 2 is 1.91 bits per heavy atom. The molecule has 0 unspecified atom stereocenters. The molecule has 0 amide bonds. The van der Waals surface area contributed by atoms with Gasteiger partial charge in [0.15, 0.2) is 0 Å². The van der Waals surface area contributed by atoms with Gasteiger partial charge in [-0.05, 0) is 81.3 Å². The largest absolute Gasteiger partial charge is 0.494 e. The smallest absolute Gasteiger partial charge is 0.262 e. The number of hydrogen-bond acceptors (Lipinski definition) is 4. The standard InChI is InChI=1S/C27H27ClN2O2S/c1-18-7-6-8-19(17-18)25-29-26-24(22-9-2-3-10-23(22)33-26)27(31)30(25)15-4-5-16-32-21-13-11-20(28)12-14-21/h6-8,11-14,17H,2-5,9-10,15-16H2,1H3. The molecule has 0 saturated heterocycles. The molecule has 1 aliphatic carbocycles. The van der Waals surface area contributed by atoms with E-state index < -0.39 is 0 Å². The van der Waals surface area contributed by atoms with Crippen LogP contribution in [0.3, 0.4) is 0 Å². The van der Waals surface area contributed by atoms with E-state index in [9.17, 15) is 4.79 Å². The Labute approximate surface area is 202 Å². The summed E-state index contributed by atoms with van der Waals surface area (Å²) in [7, 11) is 0. The van der Waals surface area contributed by atoms with Gasteiger partial charge in [-0.15, -0.1) is 11.3 Å². The van der Waals surface area contributed by atoms with Crippen LogP contribution in [0.25, 0.3) is 21.6 Å². The number of rotatable bonds is 7. The molecular weight excluding hydrogens is 452 g/mol. The van der Waals surface area contributed by atoms with Crippen molar-refractivity contribution in [3.63, 3.8) is 0 Å². The minimum Gasteiger partial charge on any atom is -0.494 e. The molecular formula is C27H27ClN2O2S. The quantitative estimate of drug-likeness (QED) is 0.273. The fourth-order valence-corrected chi connectivity index (χ4v) is 5.92. The summed E-state index contributed by atoms with van der Waals surface area (Å²) in [5.41, 5.74) is 3.51. The van der Waals surface area contributed by atoms with Gasteiger partial charge in [-0.25, -0.2) is 4.98 Å². The lowest BCUT2D eigenvalue weighted by Gasteiger charge is -2.14. The highest BCUT2D eigenvalue weighted by Gasteiger charge is 2.22. The molecule has 0 radical (unpaired) electrons. The lowest BCUT2D eigenvalue weighted by atomic mass is 9.97. The number of nitrogens with zero attached hydrogens (tertiary/aromatic N) is 2. The van der Waals surface area contributed by atoms with Gasteiger partial charge in [0.2, 0.25) is 0 Å². The SMILES string of the molecule is Cc1cccc(-c2nc3sc4c(c3c(=O)n2CCCCOc2ccc(Cl)cc2)CCCC4)c1. The molecule has 2 aromatic carbocycles. The van der Waals surface area contributed by atoms with Crippen molar-refractivity contribution in [3.8, 4) is 17.1 Å². The second-order valence-electron chi connectivity index (χ2n) is 8.66. The summed E-state index contributed by atoms with van der Waals surface area (Å²) in [6.07, 6.45) is 6.10. The molecule has 0 aliphatic heterocycles. The fraction of sp³-hybridized carbons (Fsp3) is 0.333. The Hall–Kier alpha value is -2.63. The third kappa shape index (κ3) is 4.71. The number of ether oxygens (including phenoxy) is 1. The predicted octanol–water partition coefficient (Wildman–Crippen LogP) is 6.82. The Bertz CT molecular complexity index is 1340. The minimum absolute atomic E-state index is 0.106. The van der Waals surface area contributed by atoms with Gasteiger partial charge in [-0.1, -0.05) is 35.4 Å². The first-order valence-electron chi connectivity index (χ1n) is 11.6. The van der Waals surface area contributed by atoms with Crippen molar-refractivity contribution < 1.29 is 4.74 Å². The number of benzene rings is 2. The Morgan fingerprint density at radius 1 is 1.09 bits per heavy atom. The van der Waals surface area contributed by atoms with E-state index >= 15 is 0 Å². The average Bonchev–Trinajstić information content (AvgIpc) is 3.20.